The Balaban J connectivity index is 1.64. The molecule has 4 heteroatoms. The number of carbonyl (C=O) groups is 1. The molecule has 1 amide bonds. The molecule has 1 aliphatic heterocycles. The summed E-state index contributed by atoms with van der Waals surface area (Å²) >= 11 is 0. The Morgan fingerprint density at radius 2 is 1.85 bits per heavy atom. The van der Waals surface area contributed by atoms with E-state index in [-0.39, 0.29) is 5.91 Å². The second-order valence-corrected chi connectivity index (χ2v) is 6.59. The van der Waals surface area contributed by atoms with Gasteiger partial charge in [0.2, 0.25) is 5.91 Å². The molecule has 1 aromatic heterocycles. The lowest BCUT2D eigenvalue weighted by Crippen LogP contribution is -2.29. The highest BCUT2D eigenvalue weighted by Gasteiger charge is 2.18. The van der Waals surface area contributed by atoms with Crippen LogP contribution in [0.15, 0.2) is 66.9 Å². The van der Waals surface area contributed by atoms with E-state index in [9.17, 15) is 4.79 Å². The fraction of sp³-hybridized carbons (Fsp3) is 0.130. The largest absolute Gasteiger partial charge is 0.379 e. The smallest absolute Gasteiger partial charge is 0.224 e. The van der Waals surface area contributed by atoms with Gasteiger partial charge < -0.3 is 10.2 Å². The molecular weight excluding hydrogens is 334 g/mol. The van der Waals surface area contributed by atoms with Crippen LogP contribution >= 0.6 is 0 Å². The minimum Gasteiger partial charge on any atom is -0.379 e. The van der Waals surface area contributed by atoms with Crippen molar-refractivity contribution in [3.05, 3.63) is 89.2 Å². The van der Waals surface area contributed by atoms with Gasteiger partial charge in [-0.2, -0.15) is 0 Å². The number of anilines is 2. The average Bonchev–Trinajstić information content (AvgIpc) is 2.69. The summed E-state index contributed by atoms with van der Waals surface area (Å²) < 4.78 is 0. The third-order valence-corrected chi connectivity index (χ3v) is 4.72. The van der Waals surface area contributed by atoms with Crippen molar-refractivity contribution in [1.82, 2.24) is 4.98 Å². The molecule has 4 nitrogen and oxygen atoms in total. The number of rotatable bonds is 3. The van der Waals surface area contributed by atoms with E-state index >= 15 is 0 Å². The summed E-state index contributed by atoms with van der Waals surface area (Å²) in [5.41, 5.74) is 6.26. The number of carbonyl (C=O) groups excluding carboxylic acids is 1. The number of aromatic nitrogens is 1. The van der Waals surface area contributed by atoms with Crippen molar-refractivity contribution >= 4 is 29.4 Å². The van der Waals surface area contributed by atoms with Crippen molar-refractivity contribution in [2.75, 3.05) is 10.2 Å². The lowest BCUT2D eigenvalue weighted by molar-refractivity contribution is -0.116. The van der Waals surface area contributed by atoms with Crippen molar-refractivity contribution in [1.29, 1.82) is 0 Å². The van der Waals surface area contributed by atoms with Gasteiger partial charge in [-0.3, -0.25) is 9.78 Å². The molecule has 0 fully saturated rings. The number of hydrogen-bond donors (Lipinski definition) is 1. The number of nitrogens with one attached hydrogen (secondary N) is 1. The zero-order valence-electron chi connectivity index (χ0n) is 15.2. The van der Waals surface area contributed by atoms with Gasteiger partial charge in [-0.05, 0) is 47.0 Å². The zero-order chi connectivity index (χ0) is 18.6. The highest BCUT2D eigenvalue weighted by molar-refractivity contribution is 5.95. The fourth-order valence-electron chi connectivity index (χ4n) is 3.29. The monoisotopic (exact) mass is 355 g/mol. The lowest BCUT2D eigenvalue weighted by atomic mass is 10.0. The number of pyridine rings is 1. The first kappa shape index (κ1) is 17.0. The summed E-state index contributed by atoms with van der Waals surface area (Å²) in [7, 11) is 0. The Morgan fingerprint density at radius 3 is 2.67 bits per heavy atom. The second-order valence-electron chi connectivity index (χ2n) is 6.59. The van der Waals surface area contributed by atoms with Gasteiger partial charge in [-0.15, -0.1) is 0 Å². The molecule has 0 unspecified atom stereocenters. The predicted molar refractivity (Wildman–Crippen MR) is 110 cm³/mol. The van der Waals surface area contributed by atoms with E-state index in [4.69, 9.17) is 0 Å². The van der Waals surface area contributed by atoms with Crippen molar-refractivity contribution in [2.24, 2.45) is 0 Å². The van der Waals surface area contributed by atoms with Crippen LogP contribution in [-0.2, 0) is 17.9 Å². The fourth-order valence-corrected chi connectivity index (χ4v) is 3.29. The molecule has 1 aliphatic rings. The summed E-state index contributed by atoms with van der Waals surface area (Å²) in [4.78, 5) is 18.4. The maximum atomic E-state index is 12.2. The first-order valence-electron chi connectivity index (χ1n) is 9.02. The van der Waals surface area contributed by atoms with Crippen LogP contribution in [0.25, 0.3) is 12.2 Å². The van der Waals surface area contributed by atoms with E-state index in [1.807, 2.05) is 47.4 Å². The molecule has 134 valence electrons. The Hall–Kier alpha value is -3.40. The normalized spacial score (nSPS) is 13.7. The third-order valence-electron chi connectivity index (χ3n) is 4.72. The predicted octanol–water partition coefficient (Wildman–Crippen LogP) is 4.73. The standard InChI is InChI=1S/C23H21N3O/c1-17(27)26-16-20-11-12-21(25-15-22-7-4-5-13-24-22)14-19(20)10-9-18-6-2-3-8-23(18)26/h2-14,25H,15-16H2,1H3/b10-9-. The third kappa shape index (κ3) is 3.75. The van der Waals surface area contributed by atoms with Gasteiger partial charge in [0.1, 0.15) is 0 Å². The highest BCUT2D eigenvalue weighted by atomic mass is 16.2. The van der Waals surface area contributed by atoms with E-state index in [0.29, 0.717) is 13.1 Å². The van der Waals surface area contributed by atoms with Crippen LogP contribution in [0.5, 0.6) is 0 Å². The summed E-state index contributed by atoms with van der Waals surface area (Å²) in [6, 6.07) is 20.2. The minimum absolute atomic E-state index is 0.0426. The minimum atomic E-state index is 0.0426. The molecule has 0 radical (unpaired) electrons. The first-order chi connectivity index (χ1) is 13.2. The average molecular weight is 355 g/mol. The van der Waals surface area contributed by atoms with Crippen LogP contribution < -0.4 is 10.2 Å². The molecule has 0 spiro atoms. The molecule has 2 aromatic carbocycles. The molecule has 0 saturated heterocycles. The number of nitrogens with zero attached hydrogens (tertiary/aromatic N) is 2. The van der Waals surface area contributed by atoms with Crippen LogP contribution in [0.1, 0.15) is 29.3 Å². The van der Waals surface area contributed by atoms with Crippen molar-refractivity contribution in [3.63, 3.8) is 0 Å². The molecule has 0 saturated carbocycles. The summed E-state index contributed by atoms with van der Waals surface area (Å²) in [5.74, 6) is 0.0426. The maximum absolute atomic E-state index is 12.2. The lowest BCUT2D eigenvalue weighted by Gasteiger charge is -2.26. The molecule has 4 rings (SSSR count). The number of para-hydroxylation sites is 1. The zero-order valence-corrected chi connectivity index (χ0v) is 15.2. The number of amides is 1. The van der Waals surface area contributed by atoms with Gasteiger partial charge in [0, 0.05) is 18.8 Å². The molecular formula is C23H21N3O. The molecule has 27 heavy (non-hydrogen) atoms. The topological polar surface area (TPSA) is 45.2 Å². The Labute approximate surface area is 159 Å². The first-order valence-corrected chi connectivity index (χ1v) is 9.02. The van der Waals surface area contributed by atoms with Crippen molar-refractivity contribution < 1.29 is 4.79 Å². The van der Waals surface area contributed by atoms with E-state index in [1.165, 1.54) is 0 Å². The van der Waals surface area contributed by atoms with Gasteiger partial charge in [-0.25, -0.2) is 0 Å². The number of benzene rings is 2. The molecule has 1 N–H and O–H groups in total. The van der Waals surface area contributed by atoms with Gasteiger partial charge >= 0.3 is 0 Å². The van der Waals surface area contributed by atoms with Crippen LogP contribution in [0.4, 0.5) is 11.4 Å². The van der Waals surface area contributed by atoms with E-state index in [1.54, 1.807) is 13.1 Å². The van der Waals surface area contributed by atoms with E-state index < -0.39 is 0 Å². The van der Waals surface area contributed by atoms with Gasteiger partial charge in [0.25, 0.3) is 0 Å². The van der Waals surface area contributed by atoms with Crippen LogP contribution in [0.3, 0.4) is 0 Å². The van der Waals surface area contributed by atoms with Crippen molar-refractivity contribution in [3.8, 4) is 0 Å². The summed E-state index contributed by atoms with van der Waals surface area (Å²) in [6.07, 6.45) is 6.00. The van der Waals surface area contributed by atoms with Crippen LogP contribution in [0, 0.1) is 0 Å². The molecule has 0 atom stereocenters. The molecule has 3 aromatic rings. The van der Waals surface area contributed by atoms with Gasteiger partial charge in [0.15, 0.2) is 0 Å². The summed E-state index contributed by atoms with van der Waals surface area (Å²) in [6.45, 7) is 2.85. The number of fused-ring (bicyclic) bond motifs is 2. The highest BCUT2D eigenvalue weighted by Crippen LogP contribution is 2.30. The summed E-state index contributed by atoms with van der Waals surface area (Å²) in [5, 5.41) is 3.42. The Kier molecular flexibility index (Phi) is 4.71. The molecule has 0 aliphatic carbocycles. The van der Waals surface area contributed by atoms with Gasteiger partial charge in [0.05, 0.1) is 24.5 Å². The quantitative estimate of drug-likeness (QED) is 0.739. The van der Waals surface area contributed by atoms with E-state index in [2.05, 4.69) is 40.7 Å². The second kappa shape index (κ2) is 7.46. The van der Waals surface area contributed by atoms with Crippen LogP contribution in [0.2, 0.25) is 0 Å². The maximum Gasteiger partial charge on any atom is 0.224 e. The number of hydrogen-bond acceptors (Lipinski definition) is 3. The van der Waals surface area contributed by atoms with Crippen molar-refractivity contribution in [2.45, 2.75) is 20.0 Å². The Morgan fingerprint density at radius 1 is 1.04 bits per heavy atom. The molecule has 2 heterocycles. The van der Waals surface area contributed by atoms with Crippen LogP contribution in [-0.4, -0.2) is 10.9 Å². The van der Waals surface area contributed by atoms with Gasteiger partial charge in [-0.1, -0.05) is 42.5 Å². The van der Waals surface area contributed by atoms with E-state index in [0.717, 1.165) is 33.8 Å². The SMILES string of the molecule is CC(=O)N1Cc2ccc(NCc3ccccn3)cc2/C=C\c2ccccc21. The Bertz CT molecular complexity index is 996. The molecule has 0 bridgehead atoms.